The summed E-state index contributed by atoms with van der Waals surface area (Å²) in [5, 5.41) is 7.62. The Bertz CT molecular complexity index is 892. The number of thiophene rings is 1. The van der Waals surface area contributed by atoms with Crippen LogP contribution in [0.5, 0.6) is 0 Å². The largest absolute Gasteiger partial charge is 0.466 e. The van der Waals surface area contributed by atoms with Crippen LogP contribution in [-0.4, -0.2) is 37.1 Å². The lowest BCUT2D eigenvalue weighted by Crippen LogP contribution is -2.48. The van der Waals surface area contributed by atoms with Crippen molar-refractivity contribution in [2.24, 2.45) is 0 Å². The Morgan fingerprint density at radius 1 is 1.26 bits per heavy atom. The zero-order chi connectivity index (χ0) is 18.8. The van der Waals surface area contributed by atoms with Crippen LogP contribution >= 0.6 is 11.3 Å². The molecule has 27 heavy (non-hydrogen) atoms. The average molecular weight is 383 g/mol. The molecule has 0 aliphatic carbocycles. The van der Waals surface area contributed by atoms with Crippen molar-refractivity contribution in [2.45, 2.75) is 19.0 Å². The number of esters is 1. The van der Waals surface area contributed by atoms with Gasteiger partial charge in [0.15, 0.2) is 0 Å². The van der Waals surface area contributed by atoms with Gasteiger partial charge in [-0.1, -0.05) is 30.3 Å². The molecule has 3 heterocycles. The van der Waals surface area contributed by atoms with Crippen LogP contribution in [0.15, 0.2) is 53.0 Å². The Hall–Kier alpha value is -2.64. The standard InChI is InChI=1S/C20H21N3O3S/c1-26-19(24)17-15(21-20(25)22-18(17)16-7-4-10-27-16)12-23-9-8-13-5-2-3-6-14(13)11-23/h2-7,10,18H,8-9,11-12H2,1H3,(H2,21,22,25)/t18-/m1/s1. The van der Waals surface area contributed by atoms with E-state index in [9.17, 15) is 9.59 Å². The van der Waals surface area contributed by atoms with Gasteiger partial charge in [-0.2, -0.15) is 0 Å². The number of rotatable bonds is 4. The summed E-state index contributed by atoms with van der Waals surface area (Å²) >= 11 is 1.50. The first-order chi connectivity index (χ1) is 13.2. The first kappa shape index (κ1) is 17.8. The maximum absolute atomic E-state index is 12.5. The van der Waals surface area contributed by atoms with Crippen molar-refractivity contribution in [2.75, 3.05) is 20.2 Å². The molecule has 2 aliphatic rings. The maximum Gasteiger partial charge on any atom is 0.338 e. The summed E-state index contributed by atoms with van der Waals surface area (Å²) < 4.78 is 5.03. The van der Waals surface area contributed by atoms with Gasteiger partial charge in [-0.25, -0.2) is 9.59 Å². The molecule has 6 nitrogen and oxygen atoms in total. The molecule has 1 aromatic carbocycles. The first-order valence-corrected chi connectivity index (χ1v) is 9.75. The lowest BCUT2D eigenvalue weighted by atomic mass is 9.98. The number of amides is 2. The van der Waals surface area contributed by atoms with E-state index in [1.807, 2.05) is 23.6 Å². The third kappa shape index (κ3) is 3.61. The Labute approximate surface area is 161 Å². The van der Waals surface area contributed by atoms with Gasteiger partial charge in [0.05, 0.1) is 18.7 Å². The second kappa shape index (κ2) is 7.54. The average Bonchev–Trinajstić information content (AvgIpc) is 3.21. The number of methoxy groups -OCH3 is 1. The highest BCUT2D eigenvalue weighted by atomic mass is 32.1. The number of ether oxygens (including phenoxy) is 1. The third-order valence-corrected chi connectivity index (χ3v) is 5.92. The molecule has 1 atom stereocenters. The molecule has 2 aliphatic heterocycles. The molecule has 0 spiro atoms. The fourth-order valence-corrected chi connectivity index (χ4v) is 4.46. The Morgan fingerprint density at radius 2 is 2.07 bits per heavy atom. The summed E-state index contributed by atoms with van der Waals surface area (Å²) in [5.41, 5.74) is 3.74. The van der Waals surface area contributed by atoms with Crippen LogP contribution in [0.3, 0.4) is 0 Å². The molecular formula is C20H21N3O3S. The maximum atomic E-state index is 12.5. The highest BCUT2D eigenvalue weighted by molar-refractivity contribution is 7.10. The van der Waals surface area contributed by atoms with E-state index in [1.54, 1.807) is 0 Å². The van der Waals surface area contributed by atoms with Crippen LogP contribution in [0.2, 0.25) is 0 Å². The van der Waals surface area contributed by atoms with E-state index < -0.39 is 12.0 Å². The number of hydrogen-bond acceptors (Lipinski definition) is 5. The van der Waals surface area contributed by atoms with E-state index in [1.165, 1.54) is 29.6 Å². The normalized spacial score (nSPS) is 19.9. The second-order valence-electron chi connectivity index (χ2n) is 6.66. The van der Waals surface area contributed by atoms with Gasteiger partial charge >= 0.3 is 12.0 Å². The number of nitrogens with one attached hydrogen (secondary N) is 2. The molecule has 1 aromatic heterocycles. The molecule has 7 heteroatoms. The summed E-state index contributed by atoms with van der Waals surface area (Å²) in [6.45, 7) is 2.16. The van der Waals surface area contributed by atoms with Crippen molar-refractivity contribution >= 4 is 23.3 Å². The number of benzene rings is 1. The van der Waals surface area contributed by atoms with Crippen LogP contribution in [0.25, 0.3) is 0 Å². The van der Waals surface area contributed by atoms with Crippen LogP contribution in [0, 0.1) is 0 Å². The molecule has 0 radical (unpaired) electrons. The molecule has 0 fully saturated rings. The van der Waals surface area contributed by atoms with Crippen LogP contribution in [-0.2, 0) is 22.5 Å². The number of hydrogen-bond donors (Lipinski definition) is 2. The summed E-state index contributed by atoms with van der Waals surface area (Å²) in [4.78, 5) is 28.0. The number of fused-ring (bicyclic) bond motifs is 1. The molecule has 140 valence electrons. The zero-order valence-electron chi connectivity index (χ0n) is 15.0. The van der Waals surface area contributed by atoms with Crippen molar-refractivity contribution in [3.8, 4) is 0 Å². The fourth-order valence-electron chi connectivity index (χ4n) is 3.68. The molecule has 0 unspecified atom stereocenters. The van der Waals surface area contributed by atoms with E-state index in [2.05, 4.69) is 33.7 Å². The number of carbonyl (C=O) groups is 2. The predicted octanol–water partition coefficient (Wildman–Crippen LogP) is 2.59. The first-order valence-electron chi connectivity index (χ1n) is 8.87. The Morgan fingerprint density at radius 3 is 2.81 bits per heavy atom. The summed E-state index contributed by atoms with van der Waals surface area (Å²) in [5.74, 6) is -0.423. The molecule has 4 rings (SSSR count). The van der Waals surface area contributed by atoms with Crippen molar-refractivity contribution in [3.05, 3.63) is 69.1 Å². The van der Waals surface area contributed by atoms with Crippen molar-refractivity contribution in [3.63, 3.8) is 0 Å². The highest BCUT2D eigenvalue weighted by Gasteiger charge is 2.34. The summed E-state index contributed by atoms with van der Waals surface area (Å²) in [6.07, 6.45) is 0.956. The fraction of sp³-hybridized carbons (Fsp3) is 0.300. The van der Waals surface area contributed by atoms with E-state index >= 15 is 0 Å². The van der Waals surface area contributed by atoms with Crippen molar-refractivity contribution in [1.29, 1.82) is 0 Å². The van der Waals surface area contributed by atoms with Crippen LogP contribution in [0.4, 0.5) is 4.79 Å². The molecule has 2 amide bonds. The molecule has 2 N–H and O–H groups in total. The van der Waals surface area contributed by atoms with Gasteiger partial charge < -0.3 is 15.4 Å². The quantitative estimate of drug-likeness (QED) is 0.796. The van der Waals surface area contributed by atoms with Gasteiger partial charge in [-0.3, -0.25) is 4.90 Å². The van der Waals surface area contributed by atoms with E-state index in [0.29, 0.717) is 17.8 Å². The number of carbonyl (C=O) groups excluding carboxylic acids is 2. The molecule has 2 aromatic rings. The van der Waals surface area contributed by atoms with E-state index in [4.69, 9.17) is 4.74 Å². The number of urea groups is 1. The van der Waals surface area contributed by atoms with Crippen molar-refractivity contribution < 1.29 is 14.3 Å². The van der Waals surface area contributed by atoms with Crippen molar-refractivity contribution in [1.82, 2.24) is 15.5 Å². The predicted molar refractivity (Wildman–Crippen MR) is 103 cm³/mol. The molecule has 0 saturated heterocycles. The minimum Gasteiger partial charge on any atom is -0.466 e. The minimum atomic E-state index is -0.488. The minimum absolute atomic E-state index is 0.298. The second-order valence-corrected chi connectivity index (χ2v) is 7.64. The lowest BCUT2D eigenvalue weighted by molar-refractivity contribution is -0.136. The van der Waals surface area contributed by atoms with Gasteiger partial charge in [0.25, 0.3) is 0 Å². The number of nitrogens with zero attached hydrogens (tertiary/aromatic N) is 1. The van der Waals surface area contributed by atoms with Gasteiger partial charge in [-0.15, -0.1) is 11.3 Å². The zero-order valence-corrected chi connectivity index (χ0v) is 15.8. The van der Waals surface area contributed by atoms with Crippen LogP contribution in [0.1, 0.15) is 22.0 Å². The summed E-state index contributed by atoms with van der Waals surface area (Å²) in [6, 6.07) is 11.4. The SMILES string of the molecule is COC(=O)C1=C(CN2CCc3ccccc3C2)NC(=O)N[C@@H]1c1cccs1. The highest BCUT2D eigenvalue weighted by Crippen LogP contribution is 2.31. The van der Waals surface area contributed by atoms with Gasteiger partial charge in [0.1, 0.15) is 0 Å². The van der Waals surface area contributed by atoms with Gasteiger partial charge in [0, 0.05) is 30.2 Å². The summed E-state index contributed by atoms with van der Waals surface area (Å²) in [7, 11) is 1.37. The third-order valence-electron chi connectivity index (χ3n) is 4.98. The molecular weight excluding hydrogens is 362 g/mol. The van der Waals surface area contributed by atoms with E-state index in [-0.39, 0.29) is 6.03 Å². The molecule has 0 bridgehead atoms. The monoisotopic (exact) mass is 383 g/mol. The smallest absolute Gasteiger partial charge is 0.338 e. The topological polar surface area (TPSA) is 70.7 Å². The van der Waals surface area contributed by atoms with Gasteiger partial charge in [0.2, 0.25) is 0 Å². The van der Waals surface area contributed by atoms with Gasteiger partial charge in [-0.05, 0) is 29.0 Å². The Balaban J connectivity index is 1.65. The lowest BCUT2D eigenvalue weighted by Gasteiger charge is -2.33. The van der Waals surface area contributed by atoms with Crippen LogP contribution < -0.4 is 10.6 Å². The van der Waals surface area contributed by atoms with E-state index in [0.717, 1.165) is 24.4 Å². The Kier molecular flexibility index (Phi) is 4.96. The molecule has 0 saturated carbocycles.